The smallest absolute Gasteiger partial charge is 0.307 e. The molecule has 2 heterocycles. The van der Waals surface area contributed by atoms with Gasteiger partial charge in [-0.1, -0.05) is 25.0 Å². The van der Waals surface area contributed by atoms with E-state index in [4.69, 9.17) is 4.74 Å². The molecule has 2 fully saturated rings. The first-order chi connectivity index (χ1) is 13.6. The van der Waals surface area contributed by atoms with Crippen LogP contribution in [-0.2, 0) is 19.1 Å². The van der Waals surface area contributed by atoms with Crippen LogP contribution in [0.3, 0.4) is 0 Å². The summed E-state index contributed by atoms with van der Waals surface area (Å²) in [6, 6.07) is 7.82. The van der Waals surface area contributed by atoms with Gasteiger partial charge in [0.1, 0.15) is 0 Å². The van der Waals surface area contributed by atoms with Gasteiger partial charge in [-0.3, -0.25) is 14.4 Å². The van der Waals surface area contributed by atoms with Crippen LogP contribution in [0.2, 0.25) is 0 Å². The Morgan fingerprint density at radius 2 is 1.93 bits per heavy atom. The summed E-state index contributed by atoms with van der Waals surface area (Å²) in [4.78, 5) is 40.0. The number of nitrogens with zero attached hydrogens (tertiary/aromatic N) is 1. The summed E-state index contributed by atoms with van der Waals surface area (Å²) in [6.07, 6.45) is 6.86. The number of carbonyl (C=O) groups is 3. The number of carbonyl (C=O) groups excluding carboxylic acids is 3. The number of nitrogens with one attached hydrogen (secondary N) is 1. The van der Waals surface area contributed by atoms with Crippen LogP contribution < -0.4 is 5.32 Å². The van der Waals surface area contributed by atoms with Crippen molar-refractivity contribution in [2.75, 3.05) is 18.5 Å². The molecule has 1 aromatic carbocycles. The topological polar surface area (TPSA) is 75.7 Å². The van der Waals surface area contributed by atoms with E-state index in [-0.39, 0.29) is 24.8 Å². The Bertz CT molecular complexity index is 767. The highest BCUT2D eigenvalue weighted by Gasteiger charge is 2.36. The van der Waals surface area contributed by atoms with E-state index in [9.17, 15) is 14.4 Å². The van der Waals surface area contributed by atoms with E-state index >= 15 is 0 Å². The standard InChI is InChI=1S/C21H26N2O4S/c24-19(23-11-5-7-14-6-1-3-9-16(14)23)13-27-20(25)12-18-21(26)22-15-8-2-4-10-17(15)28-18/h2,4,8,10,14,16,18H,1,3,5-7,9,11-13H2,(H,22,26)/t14-,16-,18-/m0/s1. The predicted molar refractivity (Wildman–Crippen MR) is 107 cm³/mol. The first-order valence-electron chi connectivity index (χ1n) is 10.1. The Labute approximate surface area is 169 Å². The quantitative estimate of drug-likeness (QED) is 0.783. The van der Waals surface area contributed by atoms with Gasteiger partial charge in [0.15, 0.2) is 6.61 Å². The van der Waals surface area contributed by atoms with Crippen LogP contribution in [0, 0.1) is 5.92 Å². The Hall–Kier alpha value is -2.02. The zero-order valence-electron chi connectivity index (χ0n) is 15.9. The SMILES string of the molecule is O=C(C[C@@H]1Sc2ccccc2NC1=O)OCC(=O)N1CCC[C@@H]2CCCC[C@@H]21. The number of piperidine rings is 1. The lowest BCUT2D eigenvalue weighted by atomic mass is 9.78. The molecule has 4 rings (SSSR count). The summed E-state index contributed by atoms with van der Waals surface area (Å²) in [6.45, 7) is 0.535. The Kier molecular flexibility index (Phi) is 5.90. The van der Waals surface area contributed by atoms with Gasteiger partial charge in [-0.2, -0.15) is 0 Å². The van der Waals surface area contributed by atoms with Crippen molar-refractivity contribution in [3.05, 3.63) is 24.3 Å². The zero-order valence-corrected chi connectivity index (χ0v) is 16.7. The molecule has 3 atom stereocenters. The van der Waals surface area contributed by atoms with Crippen LogP contribution >= 0.6 is 11.8 Å². The fraction of sp³-hybridized carbons (Fsp3) is 0.571. The van der Waals surface area contributed by atoms with Gasteiger partial charge < -0.3 is 15.0 Å². The largest absolute Gasteiger partial charge is 0.456 e. The molecule has 1 N–H and O–H groups in total. The molecule has 0 spiro atoms. The molecule has 28 heavy (non-hydrogen) atoms. The Balaban J connectivity index is 1.28. The summed E-state index contributed by atoms with van der Waals surface area (Å²) in [7, 11) is 0. The maximum atomic E-state index is 12.6. The van der Waals surface area contributed by atoms with E-state index in [1.165, 1.54) is 37.4 Å². The van der Waals surface area contributed by atoms with E-state index in [2.05, 4.69) is 5.32 Å². The van der Waals surface area contributed by atoms with Crippen molar-refractivity contribution >= 4 is 35.2 Å². The van der Waals surface area contributed by atoms with Crippen LogP contribution in [-0.4, -0.2) is 47.1 Å². The van der Waals surface area contributed by atoms with E-state index in [1.54, 1.807) is 0 Å². The number of fused-ring (bicyclic) bond motifs is 2. The van der Waals surface area contributed by atoms with Gasteiger partial charge >= 0.3 is 5.97 Å². The molecule has 2 amide bonds. The fourth-order valence-corrected chi connectivity index (χ4v) is 5.69. The zero-order chi connectivity index (χ0) is 19.5. The van der Waals surface area contributed by atoms with Crippen molar-refractivity contribution in [1.29, 1.82) is 0 Å². The number of para-hydroxylation sites is 1. The van der Waals surface area contributed by atoms with Crippen molar-refractivity contribution in [1.82, 2.24) is 4.90 Å². The number of hydrogen-bond acceptors (Lipinski definition) is 5. The highest BCUT2D eigenvalue weighted by Crippen LogP contribution is 2.37. The Morgan fingerprint density at radius 1 is 1.14 bits per heavy atom. The maximum Gasteiger partial charge on any atom is 0.307 e. The van der Waals surface area contributed by atoms with Gasteiger partial charge in [-0.15, -0.1) is 11.8 Å². The summed E-state index contributed by atoms with van der Waals surface area (Å²) in [5.41, 5.74) is 0.768. The third-order valence-corrected chi connectivity index (χ3v) is 7.25. The number of esters is 1. The molecule has 1 aliphatic carbocycles. The molecule has 0 bridgehead atoms. The van der Waals surface area contributed by atoms with E-state index < -0.39 is 11.2 Å². The van der Waals surface area contributed by atoms with Crippen LogP contribution in [0.15, 0.2) is 29.2 Å². The second kappa shape index (κ2) is 8.55. The van der Waals surface area contributed by atoms with Crippen LogP contribution in [0.25, 0.3) is 0 Å². The van der Waals surface area contributed by atoms with Gasteiger partial charge in [0.2, 0.25) is 5.91 Å². The molecule has 1 aromatic rings. The normalized spacial score (nSPS) is 26.6. The average Bonchev–Trinajstić information content (AvgIpc) is 2.72. The van der Waals surface area contributed by atoms with Gasteiger partial charge in [0.25, 0.3) is 5.91 Å². The van der Waals surface area contributed by atoms with Crippen molar-refractivity contribution < 1.29 is 19.1 Å². The van der Waals surface area contributed by atoms with Gasteiger partial charge in [0, 0.05) is 17.5 Å². The predicted octanol–water partition coefficient (Wildman–Crippen LogP) is 3.21. The van der Waals surface area contributed by atoms with Crippen molar-refractivity contribution in [3.63, 3.8) is 0 Å². The lowest BCUT2D eigenvalue weighted by molar-refractivity contribution is -0.155. The monoisotopic (exact) mass is 402 g/mol. The minimum absolute atomic E-state index is 0.0375. The molecule has 1 saturated carbocycles. The highest BCUT2D eigenvalue weighted by molar-refractivity contribution is 8.01. The summed E-state index contributed by atoms with van der Waals surface area (Å²) < 4.78 is 5.25. The third-order valence-electron chi connectivity index (χ3n) is 5.98. The third kappa shape index (κ3) is 4.19. The second-order valence-corrected chi connectivity index (χ2v) is 9.04. The number of anilines is 1. The molecule has 6 nitrogen and oxygen atoms in total. The summed E-state index contributed by atoms with van der Waals surface area (Å²) in [5, 5.41) is 2.29. The first-order valence-corrected chi connectivity index (χ1v) is 11.0. The van der Waals surface area contributed by atoms with Crippen molar-refractivity contribution in [3.8, 4) is 0 Å². The van der Waals surface area contributed by atoms with Gasteiger partial charge in [-0.25, -0.2) is 0 Å². The number of thioether (sulfide) groups is 1. The fourth-order valence-electron chi connectivity index (χ4n) is 4.60. The molecular formula is C21H26N2O4S. The molecule has 2 aliphatic heterocycles. The van der Waals surface area contributed by atoms with Crippen LogP contribution in [0.1, 0.15) is 44.9 Å². The molecule has 7 heteroatoms. The number of hydrogen-bond donors (Lipinski definition) is 1. The molecule has 150 valence electrons. The number of likely N-dealkylation sites (tertiary alicyclic amines) is 1. The first kappa shape index (κ1) is 19.3. The highest BCUT2D eigenvalue weighted by atomic mass is 32.2. The lowest BCUT2D eigenvalue weighted by Gasteiger charge is -2.44. The van der Waals surface area contributed by atoms with Crippen molar-refractivity contribution in [2.24, 2.45) is 5.92 Å². The summed E-state index contributed by atoms with van der Waals surface area (Å²) in [5.74, 6) is -0.203. The molecule has 0 aromatic heterocycles. The Morgan fingerprint density at radius 3 is 2.82 bits per heavy atom. The van der Waals surface area contributed by atoms with Crippen LogP contribution in [0.4, 0.5) is 5.69 Å². The van der Waals surface area contributed by atoms with E-state index in [1.807, 2.05) is 29.2 Å². The number of rotatable bonds is 4. The lowest BCUT2D eigenvalue weighted by Crippen LogP contribution is -2.51. The second-order valence-electron chi connectivity index (χ2n) is 7.80. The summed E-state index contributed by atoms with van der Waals surface area (Å²) >= 11 is 1.36. The van der Waals surface area contributed by atoms with Crippen LogP contribution in [0.5, 0.6) is 0 Å². The van der Waals surface area contributed by atoms with E-state index in [0.29, 0.717) is 12.0 Å². The van der Waals surface area contributed by atoms with Gasteiger partial charge in [-0.05, 0) is 43.7 Å². The van der Waals surface area contributed by atoms with Gasteiger partial charge in [0.05, 0.1) is 17.4 Å². The molecule has 1 saturated heterocycles. The number of ether oxygens (including phenoxy) is 1. The average molecular weight is 403 g/mol. The molecular weight excluding hydrogens is 376 g/mol. The molecule has 0 unspecified atom stereocenters. The minimum Gasteiger partial charge on any atom is -0.456 e. The number of benzene rings is 1. The number of amides is 2. The van der Waals surface area contributed by atoms with Crippen molar-refractivity contribution in [2.45, 2.75) is 61.1 Å². The molecule has 0 radical (unpaired) electrons. The maximum absolute atomic E-state index is 12.6. The van der Waals surface area contributed by atoms with E-state index in [0.717, 1.165) is 30.0 Å². The minimum atomic E-state index is -0.532. The molecule has 3 aliphatic rings.